The van der Waals surface area contributed by atoms with Crippen LogP contribution < -0.4 is 0 Å². The van der Waals surface area contributed by atoms with E-state index in [-0.39, 0.29) is 0 Å². The van der Waals surface area contributed by atoms with Crippen LogP contribution in [0.4, 0.5) is 0 Å². The average molecular weight is 209 g/mol. The Labute approximate surface area is 96.8 Å². The van der Waals surface area contributed by atoms with E-state index in [1.54, 1.807) is 0 Å². The van der Waals surface area contributed by atoms with Crippen LogP contribution in [-0.2, 0) is 0 Å². The van der Waals surface area contributed by atoms with Crippen molar-refractivity contribution in [2.45, 2.75) is 90.4 Å². The van der Waals surface area contributed by atoms with Gasteiger partial charge in [0.2, 0.25) is 0 Å². The zero-order chi connectivity index (χ0) is 10.8. The van der Waals surface area contributed by atoms with E-state index in [0.717, 1.165) is 0 Å². The van der Waals surface area contributed by atoms with Gasteiger partial charge in [0.1, 0.15) is 0 Å². The molecule has 0 nitrogen and oxygen atoms in total. The maximum Gasteiger partial charge on any atom is -0.0241 e. The molecule has 0 heteroatoms. The molecule has 0 aromatic heterocycles. The second kappa shape index (κ2) is 9.24. The van der Waals surface area contributed by atoms with Crippen LogP contribution in [-0.4, -0.2) is 0 Å². The van der Waals surface area contributed by atoms with Gasteiger partial charge in [0.05, 0.1) is 0 Å². The number of hydrogen-bond donors (Lipinski definition) is 0. The molecule has 0 amide bonds. The Kier molecular flexibility index (Phi) is 8.05. The Morgan fingerprint density at radius 1 is 0.733 bits per heavy atom. The predicted molar refractivity (Wildman–Crippen MR) is 68.9 cm³/mol. The summed E-state index contributed by atoms with van der Waals surface area (Å²) in [4.78, 5) is 0. The molecule has 15 heavy (non-hydrogen) atoms. The lowest BCUT2D eigenvalue weighted by atomic mass is 9.88. The molecule has 1 aliphatic carbocycles. The maximum atomic E-state index is 2.30. The first kappa shape index (κ1) is 13.1. The molecule has 1 radical (unpaired) electrons. The molecule has 0 aromatic rings. The summed E-state index contributed by atoms with van der Waals surface area (Å²) in [5.74, 6) is 1.89. The molecule has 0 aliphatic heterocycles. The fourth-order valence-corrected chi connectivity index (χ4v) is 2.63. The van der Waals surface area contributed by atoms with Crippen molar-refractivity contribution in [3.63, 3.8) is 0 Å². The molecule has 0 spiro atoms. The smallest absolute Gasteiger partial charge is 0.0241 e. The highest BCUT2D eigenvalue weighted by atomic mass is 14.1. The first-order valence-corrected chi connectivity index (χ1v) is 7.27. The molecular weight excluding hydrogens is 180 g/mol. The number of unbranched alkanes of at least 4 members (excludes halogenated alkanes) is 2. The van der Waals surface area contributed by atoms with Crippen LogP contribution in [0.2, 0.25) is 0 Å². The van der Waals surface area contributed by atoms with Crippen LogP contribution >= 0.6 is 0 Å². The van der Waals surface area contributed by atoms with Gasteiger partial charge in [-0.2, -0.15) is 0 Å². The number of hydrogen-bond acceptors (Lipinski definition) is 0. The second-order valence-electron chi connectivity index (χ2n) is 5.18. The summed E-state index contributed by atoms with van der Waals surface area (Å²) in [6.07, 6.45) is 19.0. The van der Waals surface area contributed by atoms with Gasteiger partial charge < -0.3 is 0 Å². The van der Waals surface area contributed by atoms with Crippen molar-refractivity contribution in [1.29, 1.82) is 0 Å². The van der Waals surface area contributed by atoms with E-state index in [0.29, 0.717) is 0 Å². The summed E-state index contributed by atoms with van der Waals surface area (Å²) in [6.45, 7) is 2.30. The first-order chi connectivity index (χ1) is 7.43. The van der Waals surface area contributed by atoms with Crippen molar-refractivity contribution < 1.29 is 0 Å². The Hall–Kier alpha value is 0. The highest BCUT2D eigenvalue weighted by Gasteiger charge is 2.09. The van der Waals surface area contributed by atoms with Gasteiger partial charge in [0.25, 0.3) is 0 Å². The summed E-state index contributed by atoms with van der Waals surface area (Å²) in [5, 5.41) is 0. The van der Waals surface area contributed by atoms with Gasteiger partial charge >= 0.3 is 0 Å². The SMILES string of the molecule is CCCCC[C]1CCCCCCCCC1. The van der Waals surface area contributed by atoms with Crippen molar-refractivity contribution in [2.75, 3.05) is 0 Å². The summed E-state index contributed by atoms with van der Waals surface area (Å²) in [6, 6.07) is 0. The van der Waals surface area contributed by atoms with Crippen LogP contribution in [0.15, 0.2) is 0 Å². The largest absolute Gasteiger partial charge is 0.0654 e. The molecule has 1 saturated carbocycles. The molecule has 1 rings (SSSR count). The zero-order valence-corrected chi connectivity index (χ0v) is 10.7. The van der Waals surface area contributed by atoms with E-state index in [9.17, 15) is 0 Å². The predicted octanol–water partition coefficient (Wildman–Crippen LogP) is 5.67. The Morgan fingerprint density at radius 2 is 1.27 bits per heavy atom. The van der Waals surface area contributed by atoms with Crippen molar-refractivity contribution in [3.8, 4) is 0 Å². The summed E-state index contributed by atoms with van der Waals surface area (Å²) in [5.41, 5.74) is 0. The monoisotopic (exact) mass is 209 g/mol. The quantitative estimate of drug-likeness (QED) is 0.524. The molecule has 0 heterocycles. The molecular formula is C15H29. The van der Waals surface area contributed by atoms with Gasteiger partial charge in [-0.1, -0.05) is 71.1 Å². The summed E-state index contributed by atoms with van der Waals surface area (Å²) < 4.78 is 0. The Balaban J connectivity index is 2.13. The topological polar surface area (TPSA) is 0 Å². The van der Waals surface area contributed by atoms with Gasteiger partial charge in [-0.05, 0) is 25.2 Å². The summed E-state index contributed by atoms with van der Waals surface area (Å²) >= 11 is 0. The Bertz CT molecular complexity index is 115. The lowest BCUT2D eigenvalue weighted by molar-refractivity contribution is 0.495. The molecule has 89 valence electrons. The fourth-order valence-electron chi connectivity index (χ4n) is 2.63. The standard InChI is InChI=1S/C15H29/c1-2-3-9-12-15-13-10-7-5-4-6-8-11-14-15/h2-14H2,1H3. The van der Waals surface area contributed by atoms with E-state index in [4.69, 9.17) is 0 Å². The fraction of sp³-hybridized carbons (Fsp3) is 0.933. The lowest BCUT2D eigenvalue weighted by Gasteiger charge is -2.17. The second-order valence-corrected chi connectivity index (χ2v) is 5.18. The molecule has 0 unspecified atom stereocenters. The minimum Gasteiger partial charge on any atom is -0.0654 e. The minimum atomic E-state index is 1.37. The third-order valence-corrected chi connectivity index (χ3v) is 3.69. The van der Waals surface area contributed by atoms with Crippen LogP contribution in [0, 0.1) is 5.92 Å². The van der Waals surface area contributed by atoms with E-state index < -0.39 is 0 Å². The van der Waals surface area contributed by atoms with E-state index in [1.165, 1.54) is 83.5 Å². The zero-order valence-electron chi connectivity index (χ0n) is 10.7. The third kappa shape index (κ3) is 6.98. The van der Waals surface area contributed by atoms with Crippen LogP contribution in [0.5, 0.6) is 0 Å². The maximum absolute atomic E-state index is 2.30. The molecule has 0 saturated heterocycles. The van der Waals surface area contributed by atoms with E-state index in [2.05, 4.69) is 6.92 Å². The molecule has 0 atom stereocenters. The van der Waals surface area contributed by atoms with Gasteiger partial charge in [-0.3, -0.25) is 0 Å². The highest BCUT2D eigenvalue weighted by molar-refractivity contribution is 4.89. The van der Waals surface area contributed by atoms with Crippen LogP contribution in [0.3, 0.4) is 0 Å². The normalized spacial score (nSPS) is 21.4. The van der Waals surface area contributed by atoms with Gasteiger partial charge in [0, 0.05) is 0 Å². The molecule has 1 fully saturated rings. The number of rotatable bonds is 4. The van der Waals surface area contributed by atoms with Gasteiger partial charge in [-0.15, -0.1) is 0 Å². The van der Waals surface area contributed by atoms with E-state index in [1.807, 2.05) is 5.92 Å². The van der Waals surface area contributed by atoms with Crippen molar-refractivity contribution in [3.05, 3.63) is 5.92 Å². The van der Waals surface area contributed by atoms with Crippen molar-refractivity contribution in [1.82, 2.24) is 0 Å². The Morgan fingerprint density at radius 3 is 1.80 bits per heavy atom. The minimum absolute atomic E-state index is 1.37. The summed E-state index contributed by atoms with van der Waals surface area (Å²) in [7, 11) is 0. The third-order valence-electron chi connectivity index (χ3n) is 3.69. The first-order valence-electron chi connectivity index (χ1n) is 7.27. The van der Waals surface area contributed by atoms with Crippen molar-refractivity contribution >= 4 is 0 Å². The van der Waals surface area contributed by atoms with E-state index >= 15 is 0 Å². The highest BCUT2D eigenvalue weighted by Crippen LogP contribution is 2.27. The lowest BCUT2D eigenvalue weighted by Crippen LogP contribution is -2.00. The molecule has 1 aliphatic rings. The molecule has 0 N–H and O–H groups in total. The van der Waals surface area contributed by atoms with Crippen molar-refractivity contribution in [2.24, 2.45) is 0 Å². The van der Waals surface area contributed by atoms with Gasteiger partial charge in [0.15, 0.2) is 0 Å². The van der Waals surface area contributed by atoms with Gasteiger partial charge in [-0.25, -0.2) is 0 Å². The average Bonchev–Trinajstić information content (AvgIpc) is 2.27. The van der Waals surface area contributed by atoms with Crippen LogP contribution in [0.1, 0.15) is 90.4 Å². The van der Waals surface area contributed by atoms with Crippen LogP contribution in [0.25, 0.3) is 0 Å². The molecule has 0 aromatic carbocycles. The molecule has 0 bridgehead atoms.